The summed E-state index contributed by atoms with van der Waals surface area (Å²) in [4.78, 5) is 12.0. The molecule has 2 aromatic rings. The SMILES string of the molecule is CC(SCc1ccco1)C(=O)Nc1cc(Cl)cc(Cl)c1. The highest BCUT2D eigenvalue weighted by molar-refractivity contribution is 7.99. The number of halogens is 2. The van der Waals surface area contributed by atoms with Crippen LogP contribution in [0.4, 0.5) is 5.69 Å². The molecule has 6 heteroatoms. The van der Waals surface area contributed by atoms with Gasteiger partial charge in [-0.15, -0.1) is 11.8 Å². The van der Waals surface area contributed by atoms with Crippen molar-refractivity contribution >= 4 is 46.6 Å². The van der Waals surface area contributed by atoms with Gasteiger partial charge in [0.1, 0.15) is 5.76 Å². The molecule has 0 spiro atoms. The number of furan rings is 1. The Morgan fingerprint density at radius 1 is 1.35 bits per heavy atom. The van der Waals surface area contributed by atoms with Gasteiger partial charge in [-0.2, -0.15) is 0 Å². The van der Waals surface area contributed by atoms with Crippen molar-refractivity contribution in [2.45, 2.75) is 17.9 Å². The van der Waals surface area contributed by atoms with Crippen LogP contribution in [-0.4, -0.2) is 11.2 Å². The second kappa shape index (κ2) is 7.07. The lowest BCUT2D eigenvalue weighted by Gasteiger charge is -2.11. The summed E-state index contributed by atoms with van der Waals surface area (Å²) in [6, 6.07) is 8.65. The number of carbonyl (C=O) groups excluding carboxylic acids is 1. The van der Waals surface area contributed by atoms with E-state index in [1.54, 1.807) is 24.5 Å². The van der Waals surface area contributed by atoms with Crippen LogP contribution < -0.4 is 5.32 Å². The zero-order valence-corrected chi connectivity index (χ0v) is 13.1. The molecule has 0 aliphatic rings. The Kier molecular flexibility index (Phi) is 5.40. The number of thioether (sulfide) groups is 1. The van der Waals surface area contributed by atoms with Crippen molar-refractivity contribution in [2.75, 3.05) is 5.32 Å². The van der Waals surface area contributed by atoms with E-state index in [4.69, 9.17) is 27.6 Å². The third-order valence-corrected chi connectivity index (χ3v) is 4.16. The van der Waals surface area contributed by atoms with Gasteiger partial charge in [-0.3, -0.25) is 4.79 Å². The van der Waals surface area contributed by atoms with Gasteiger partial charge >= 0.3 is 0 Å². The van der Waals surface area contributed by atoms with Crippen molar-refractivity contribution in [3.05, 3.63) is 52.4 Å². The van der Waals surface area contributed by atoms with E-state index in [2.05, 4.69) is 5.32 Å². The maximum atomic E-state index is 12.0. The van der Waals surface area contributed by atoms with Crippen LogP contribution in [0.15, 0.2) is 41.0 Å². The summed E-state index contributed by atoms with van der Waals surface area (Å²) in [5, 5.41) is 3.56. The van der Waals surface area contributed by atoms with Gasteiger partial charge in [0.2, 0.25) is 5.91 Å². The van der Waals surface area contributed by atoms with Crippen LogP contribution in [0, 0.1) is 0 Å². The number of hydrogen-bond acceptors (Lipinski definition) is 3. The zero-order chi connectivity index (χ0) is 14.5. The number of hydrogen-bond donors (Lipinski definition) is 1. The zero-order valence-electron chi connectivity index (χ0n) is 10.7. The predicted octanol–water partition coefficient (Wildman–Crippen LogP) is 4.85. The first kappa shape index (κ1) is 15.3. The van der Waals surface area contributed by atoms with E-state index in [9.17, 15) is 4.79 Å². The molecule has 0 bridgehead atoms. The molecule has 1 atom stereocenters. The number of benzene rings is 1. The fourth-order valence-electron chi connectivity index (χ4n) is 1.55. The van der Waals surface area contributed by atoms with E-state index >= 15 is 0 Å². The molecule has 0 radical (unpaired) electrons. The molecule has 1 unspecified atom stereocenters. The van der Waals surface area contributed by atoms with Crippen LogP contribution in [0.3, 0.4) is 0 Å². The van der Waals surface area contributed by atoms with Gasteiger partial charge in [-0.05, 0) is 37.3 Å². The van der Waals surface area contributed by atoms with Gasteiger partial charge in [0.15, 0.2) is 0 Å². The van der Waals surface area contributed by atoms with Gasteiger partial charge in [-0.1, -0.05) is 23.2 Å². The first-order valence-electron chi connectivity index (χ1n) is 5.95. The van der Waals surface area contributed by atoms with Gasteiger partial charge in [0.05, 0.1) is 17.3 Å². The molecule has 0 saturated heterocycles. The Morgan fingerprint density at radius 3 is 2.65 bits per heavy atom. The van der Waals surface area contributed by atoms with Gasteiger partial charge in [-0.25, -0.2) is 0 Å². The number of carbonyl (C=O) groups is 1. The van der Waals surface area contributed by atoms with Gasteiger partial charge in [0.25, 0.3) is 0 Å². The average Bonchev–Trinajstić information content (AvgIpc) is 2.87. The van der Waals surface area contributed by atoms with Crippen LogP contribution in [-0.2, 0) is 10.5 Å². The summed E-state index contributed by atoms with van der Waals surface area (Å²) in [5.74, 6) is 1.40. The molecule has 106 valence electrons. The third-order valence-electron chi connectivity index (χ3n) is 2.56. The molecular formula is C14H13Cl2NO2S. The van der Waals surface area contributed by atoms with Gasteiger partial charge in [0, 0.05) is 15.7 Å². The van der Waals surface area contributed by atoms with Gasteiger partial charge < -0.3 is 9.73 Å². The lowest BCUT2D eigenvalue weighted by molar-refractivity contribution is -0.115. The van der Waals surface area contributed by atoms with E-state index in [1.807, 2.05) is 19.1 Å². The number of amides is 1. The maximum absolute atomic E-state index is 12.0. The van der Waals surface area contributed by atoms with E-state index in [0.717, 1.165) is 5.76 Å². The Hall–Kier alpha value is -1.10. The summed E-state index contributed by atoms with van der Waals surface area (Å²) in [6.07, 6.45) is 1.62. The molecule has 0 aliphatic heterocycles. The standard InChI is InChI=1S/C14H13Cl2NO2S/c1-9(20-8-13-3-2-4-19-13)14(18)17-12-6-10(15)5-11(16)7-12/h2-7,9H,8H2,1H3,(H,17,18). The number of rotatable bonds is 5. The predicted molar refractivity (Wildman–Crippen MR) is 84.6 cm³/mol. The second-order valence-electron chi connectivity index (χ2n) is 4.18. The molecular weight excluding hydrogens is 317 g/mol. The Balaban J connectivity index is 1.90. The summed E-state index contributed by atoms with van der Waals surface area (Å²) in [7, 11) is 0. The minimum Gasteiger partial charge on any atom is -0.468 e. The van der Waals surface area contributed by atoms with Crippen molar-refractivity contribution in [1.29, 1.82) is 0 Å². The summed E-state index contributed by atoms with van der Waals surface area (Å²) >= 11 is 13.3. The topological polar surface area (TPSA) is 42.2 Å². The molecule has 3 nitrogen and oxygen atoms in total. The molecule has 1 N–H and O–H groups in total. The lowest BCUT2D eigenvalue weighted by Crippen LogP contribution is -2.22. The van der Waals surface area contributed by atoms with Crippen LogP contribution >= 0.6 is 35.0 Å². The lowest BCUT2D eigenvalue weighted by atomic mass is 10.3. The Morgan fingerprint density at radius 2 is 2.05 bits per heavy atom. The second-order valence-corrected chi connectivity index (χ2v) is 6.38. The largest absolute Gasteiger partial charge is 0.468 e. The minimum absolute atomic E-state index is 0.0973. The molecule has 1 aromatic heterocycles. The number of nitrogens with one attached hydrogen (secondary N) is 1. The fourth-order valence-corrected chi connectivity index (χ4v) is 2.86. The molecule has 0 aliphatic carbocycles. The highest BCUT2D eigenvalue weighted by Crippen LogP contribution is 2.24. The molecule has 1 aromatic carbocycles. The monoisotopic (exact) mass is 329 g/mol. The normalized spacial score (nSPS) is 12.2. The average molecular weight is 330 g/mol. The van der Waals surface area contributed by atoms with Crippen LogP contribution in [0.25, 0.3) is 0 Å². The highest BCUT2D eigenvalue weighted by Gasteiger charge is 2.14. The number of anilines is 1. The van der Waals surface area contributed by atoms with Crippen molar-refractivity contribution in [3.8, 4) is 0 Å². The van der Waals surface area contributed by atoms with E-state index in [1.165, 1.54) is 11.8 Å². The molecule has 2 rings (SSSR count). The maximum Gasteiger partial charge on any atom is 0.237 e. The first-order valence-corrected chi connectivity index (χ1v) is 7.76. The molecule has 1 amide bonds. The highest BCUT2D eigenvalue weighted by atomic mass is 35.5. The molecule has 1 heterocycles. The van der Waals surface area contributed by atoms with E-state index in [-0.39, 0.29) is 11.2 Å². The summed E-state index contributed by atoms with van der Waals surface area (Å²) in [6.45, 7) is 1.84. The smallest absolute Gasteiger partial charge is 0.237 e. The Labute approximate surface area is 131 Å². The van der Waals surface area contributed by atoms with E-state index in [0.29, 0.717) is 21.5 Å². The summed E-state index contributed by atoms with van der Waals surface area (Å²) in [5.41, 5.74) is 0.595. The molecule has 20 heavy (non-hydrogen) atoms. The third kappa shape index (κ3) is 4.47. The van der Waals surface area contributed by atoms with Crippen LogP contribution in [0.1, 0.15) is 12.7 Å². The summed E-state index contributed by atoms with van der Waals surface area (Å²) < 4.78 is 5.23. The van der Waals surface area contributed by atoms with Crippen LogP contribution in [0.5, 0.6) is 0 Å². The van der Waals surface area contributed by atoms with Crippen molar-refractivity contribution in [2.24, 2.45) is 0 Å². The van der Waals surface area contributed by atoms with Crippen molar-refractivity contribution in [1.82, 2.24) is 0 Å². The Bertz CT molecular complexity index is 567. The quantitative estimate of drug-likeness (QED) is 0.852. The fraction of sp³-hybridized carbons (Fsp3) is 0.214. The van der Waals surface area contributed by atoms with Crippen molar-refractivity contribution < 1.29 is 9.21 Å². The van der Waals surface area contributed by atoms with Crippen LogP contribution in [0.2, 0.25) is 10.0 Å². The minimum atomic E-state index is -0.210. The van der Waals surface area contributed by atoms with E-state index < -0.39 is 0 Å². The first-order chi connectivity index (χ1) is 9.54. The molecule has 0 fully saturated rings. The van der Waals surface area contributed by atoms with Crippen molar-refractivity contribution in [3.63, 3.8) is 0 Å². The molecule has 0 saturated carbocycles.